The van der Waals surface area contributed by atoms with Crippen LogP contribution < -0.4 is 38.9 Å². The number of hydrogen-bond donors (Lipinski definition) is 9. The van der Waals surface area contributed by atoms with Gasteiger partial charge in [0, 0.05) is 31.3 Å². The minimum atomic E-state index is -1.42. The molecule has 1 aromatic heterocycles. The maximum absolute atomic E-state index is 13.3. The molecule has 0 saturated carbocycles. The third-order valence-corrected chi connectivity index (χ3v) is 5.51. The van der Waals surface area contributed by atoms with E-state index in [0.29, 0.717) is 5.69 Å². The largest absolute Gasteiger partial charge is 0.480 e. The van der Waals surface area contributed by atoms with Crippen LogP contribution in [0.15, 0.2) is 17.5 Å². The van der Waals surface area contributed by atoms with E-state index in [0.717, 1.165) is 0 Å². The number of carboxylic acids is 1. The Bertz CT molecular complexity index is 977. The van der Waals surface area contributed by atoms with Crippen molar-refractivity contribution in [2.45, 2.75) is 70.1 Å². The molecule has 0 fully saturated rings. The molecule has 0 aliphatic rings. The molecule has 0 spiro atoms. The lowest BCUT2D eigenvalue weighted by Crippen LogP contribution is -2.58. The predicted molar refractivity (Wildman–Crippen MR) is 137 cm³/mol. The normalized spacial score (nSPS) is 14.0. The smallest absolute Gasteiger partial charge is 0.326 e. The van der Waals surface area contributed by atoms with Gasteiger partial charge in [0.15, 0.2) is 5.96 Å². The molecule has 16 heteroatoms. The number of carbonyl (C=O) groups is 5. The summed E-state index contributed by atoms with van der Waals surface area (Å²) in [6.07, 6.45) is 2.68. The Morgan fingerprint density at radius 1 is 0.974 bits per heavy atom. The summed E-state index contributed by atoms with van der Waals surface area (Å²) in [6.45, 7) is 3.65. The first kappa shape index (κ1) is 31.8. The van der Waals surface area contributed by atoms with Gasteiger partial charge in [0.1, 0.15) is 18.1 Å². The van der Waals surface area contributed by atoms with E-state index in [2.05, 4.69) is 30.9 Å². The van der Waals surface area contributed by atoms with E-state index in [1.165, 1.54) is 12.5 Å². The Kier molecular flexibility index (Phi) is 13.2. The summed E-state index contributed by atoms with van der Waals surface area (Å²) in [6, 6.07) is -4.65. The fourth-order valence-corrected chi connectivity index (χ4v) is 3.26. The number of amides is 4. The molecule has 16 nitrogen and oxygen atoms in total. The number of H-pyrrole nitrogens is 1. The maximum Gasteiger partial charge on any atom is 0.326 e. The molecule has 212 valence electrons. The van der Waals surface area contributed by atoms with Crippen molar-refractivity contribution in [1.29, 1.82) is 0 Å². The van der Waals surface area contributed by atoms with Gasteiger partial charge >= 0.3 is 5.97 Å². The summed E-state index contributed by atoms with van der Waals surface area (Å²) in [4.78, 5) is 72.1. The highest BCUT2D eigenvalue weighted by Crippen LogP contribution is 2.07. The van der Waals surface area contributed by atoms with E-state index in [4.69, 9.17) is 22.9 Å². The van der Waals surface area contributed by atoms with Crippen molar-refractivity contribution in [2.24, 2.45) is 33.8 Å². The number of nitrogens with zero attached hydrogens (tertiary/aromatic N) is 2. The van der Waals surface area contributed by atoms with Gasteiger partial charge in [-0.15, -0.1) is 0 Å². The van der Waals surface area contributed by atoms with Crippen LogP contribution in [0.5, 0.6) is 0 Å². The highest BCUT2D eigenvalue weighted by atomic mass is 16.4. The number of rotatable bonds is 17. The van der Waals surface area contributed by atoms with E-state index in [1.807, 2.05) is 0 Å². The average Bonchev–Trinajstić information content (AvgIpc) is 3.34. The van der Waals surface area contributed by atoms with Gasteiger partial charge in [-0.05, 0) is 25.2 Å². The van der Waals surface area contributed by atoms with Gasteiger partial charge in [0.25, 0.3) is 0 Å². The molecule has 4 unspecified atom stereocenters. The first-order valence-corrected chi connectivity index (χ1v) is 12.0. The molecule has 4 amide bonds. The first-order chi connectivity index (χ1) is 17.8. The molecular formula is C22H38N10O6. The summed E-state index contributed by atoms with van der Waals surface area (Å²) in [5.41, 5.74) is 22.2. The molecule has 13 N–H and O–H groups in total. The van der Waals surface area contributed by atoms with E-state index < -0.39 is 53.8 Å². The molecule has 0 aliphatic carbocycles. The van der Waals surface area contributed by atoms with Crippen LogP contribution in [0.1, 0.15) is 45.2 Å². The summed E-state index contributed by atoms with van der Waals surface area (Å²) in [5.74, 6) is -4.56. The van der Waals surface area contributed by atoms with E-state index in [1.54, 1.807) is 13.8 Å². The fraction of sp³-hybridized carbons (Fsp3) is 0.591. The Morgan fingerprint density at radius 2 is 1.58 bits per heavy atom. The lowest BCUT2D eigenvalue weighted by molar-refractivity contribution is -0.142. The zero-order chi connectivity index (χ0) is 28.8. The quantitative estimate of drug-likeness (QED) is 0.0543. The van der Waals surface area contributed by atoms with Crippen molar-refractivity contribution in [1.82, 2.24) is 25.9 Å². The Labute approximate surface area is 219 Å². The van der Waals surface area contributed by atoms with E-state index in [-0.39, 0.29) is 50.5 Å². The van der Waals surface area contributed by atoms with Crippen LogP contribution in [0.2, 0.25) is 0 Å². The van der Waals surface area contributed by atoms with Crippen molar-refractivity contribution < 1.29 is 29.1 Å². The lowest BCUT2D eigenvalue weighted by atomic mass is 10.0. The van der Waals surface area contributed by atoms with Gasteiger partial charge in [0.2, 0.25) is 23.6 Å². The number of imidazole rings is 1. The summed E-state index contributed by atoms with van der Waals surface area (Å²) in [7, 11) is 0. The highest BCUT2D eigenvalue weighted by Gasteiger charge is 2.31. The number of guanidine groups is 1. The number of aromatic amines is 1. The van der Waals surface area contributed by atoms with Crippen molar-refractivity contribution in [3.63, 3.8) is 0 Å². The standard InChI is InChI=1S/C22H38N10O6/c1-11(2)17(24)20(36)32-15(8-12-9-27-10-29-12)19(35)30-13(4-3-7-28-22(25)26)18(34)31-14(21(37)38)5-6-16(23)33/h9-11,13-15,17H,3-8,24H2,1-2H3,(H2,23,33)(H,27,29)(H,30,35)(H,31,34)(H,32,36)(H,37,38)(H4,25,26,28). The molecule has 0 bridgehead atoms. The minimum Gasteiger partial charge on any atom is -0.480 e. The minimum absolute atomic E-state index is 0.0150. The van der Waals surface area contributed by atoms with Gasteiger partial charge in [-0.2, -0.15) is 0 Å². The number of nitrogens with one attached hydrogen (secondary N) is 4. The van der Waals surface area contributed by atoms with Crippen LogP contribution in [-0.2, 0) is 30.4 Å². The van der Waals surface area contributed by atoms with Gasteiger partial charge in [-0.1, -0.05) is 13.8 Å². The number of carboxylic acid groups (broad SMARTS) is 1. The molecule has 38 heavy (non-hydrogen) atoms. The molecule has 4 atom stereocenters. The molecule has 1 rings (SSSR count). The fourth-order valence-electron chi connectivity index (χ4n) is 3.26. The van der Waals surface area contributed by atoms with E-state index >= 15 is 0 Å². The van der Waals surface area contributed by atoms with Crippen molar-refractivity contribution in [3.05, 3.63) is 18.2 Å². The maximum atomic E-state index is 13.3. The molecule has 0 radical (unpaired) electrons. The van der Waals surface area contributed by atoms with Crippen LogP contribution in [0.25, 0.3) is 0 Å². The first-order valence-electron chi connectivity index (χ1n) is 12.0. The summed E-state index contributed by atoms with van der Waals surface area (Å²) >= 11 is 0. The number of primary amides is 1. The van der Waals surface area contributed by atoms with Crippen LogP contribution in [0, 0.1) is 5.92 Å². The monoisotopic (exact) mass is 538 g/mol. The Balaban J connectivity index is 3.11. The number of nitrogens with two attached hydrogens (primary N) is 4. The Morgan fingerprint density at radius 3 is 2.11 bits per heavy atom. The molecule has 0 aromatic carbocycles. The van der Waals surface area contributed by atoms with Crippen LogP contribution in [-0.4, -0.2) is 81.3 Å². The third-order valence-electron chi connectivity index (χ3n) is 5.51. The van der Waals surface area contributed by atoms with Gasteiger partial charge in [-0.3, -0.25) is 24.2 Å². The second kappa shape index (κ2) is 15.8. The summed E-state index contributed by atoms with van der Waals surface area (Å²) < 4.78 is 0. The lowest BCUT2D eigenvalue weighted by Gasteiger charge is -2.25. The molecular weight excluding hydrogens is 500 g/mol. The van der Waals surface area contributed by atoms with Gasteiger partial charge in [-0.25, -0.2) is 9.78 Å². The van der Waals surface area contributed by atoms with Crippen LogP contribution >= 0.6 is 0 Å². The van der Waals surface area contributed by atoms with Crippen molar-refractivity contribution in [3.8, 4) is 0 Å². The van der Waals surface area contributed by atoms with Gasteiger partial charge < -0.3 is 49.0 Å². The zero-order valence-corrected chi connectivity index (χ0v) is 21.5. The second-order valence-electron chi connectivity index (χ2n) is 9.03. The number of aliphatic imine (C=N–C) groups is 1. The molecule has 1 heterocycles. The zero-order valence-electron chi connectivity index (χ0n) is 21.5. The SMILES string of the molecule is CC(C)C(N)C(=O)NC(Cc1cnc[nH]1)C(=O)NC(CCCN=C(N)N)C(=O)NC(CCC(N)=O)C(=O)O. The van der Waals surface area contributed by atoms with Crippen LogP contribution in [0.3, 0.4) is 0 Å². The Hall–Kier alpha value is -4.21. The second-order valence-corrected chi connectivity index (χ2v) is 9.03. The number of carbonyl (C=O) groups excluding carboxylic acids is 4. The van der Waals surface area contributed by atoms with Crippen LogP contribution in [0.4, 0.5) is 0 Å². The summed E-state index contributed by atoms with van der Waals surface area (Å²) in [5, 5.41) is 16.9. The molecule has 0 saturated heterocycles. The third kappa shape index (κ3) is 11.7. The number of aromatic nitrogens is 2. The van der Waals surface area contributed by atoms with Crippen molar-refractivity contribution >= 4 is 35.6 Å². The topological polar surface area (TPSA) is 287 Å². The molecule has 0 aliphatic heterocycles. The number of aliphatic carboxylic acids is 1. The highest BCUT2D eigenvalue weighted by molar-refractivity contribution is 5.94. The van der Waals surface area contributed by atoms with E-state index in [9.17, 15) is 29.1 Å². The van der Waals surface area contributed by atoms with Crippen molar-refractivity contribution in [2.75, 3.05) is 6.54 Å². The average molecular weight is 539 g/mol. The predicted octanol–water partition coefficient (Wildman–Crippen LogP) is -3.21. The number of hydrogen-bond acceptors (Lipinski definition) is 8. The molecule has 1 aromatic rings. The van der Waals surface area contributed by atoms with Gasteiger partial charge in [0.05, 0.1) is 12.4 Å².